The van der Waals surface area contributed by atoms with Gasteiger partial charge in [-0.1, -0.05) is 29.8 Å². The standard InChI is InChI=1S/C15H19BrO3S/c1-4-19-15(18)14(10(2)3)13(17)9-20-12-7-5-11(16)6-8-12/h5-8,10,14H,4,9H2,1-3H3. The monoisotopic (exact) mass is 358 g/mol. The molecule has 0 heterocycles. The van der Waals surface area contributed by atoms with Gasteiger partial charge in [0.05, 0.1) is 12.4 Å². The van der Waals surface area contributed by atoms with Crippen LogP contribution in [-0.4, -0.2) is 24.1 Å². The van der Waals surface area contributed by atoms with Crippen LogP contribution in [0.25, 0.3) is 0 Å². The van der Waals surface area contributed by atoms with Crippen LogP contribution in [0.15, 0.2) is 33.6 Å². The van der Waals surface area contributed by atoms with Gasteiger partial charge in [-0.15, -0.1) is 11.8 Å². The highest BCUT2D eigenvalue weighted by molar-refractivity contribution is 9.10. The van der Waals surface area contributed by atoms with E-state index in [2.05, 4.69) is 15.9 Å². The molecule has 0 amide bonds. The SMILES string of the molecule is CCOC(=O)C(C(=O)CSc1ccc(Br)cc1)C(C)C. The second-order valence-corrected chi connectivity index (χ2v) is 6.65. The Kier molecular flexibility index (Phi) is 7.30. The molecule has 3 nitrogen and oxygen atoms in total. The molecule has 0 aliphatic heterocycles. The third-order valence-corrected chi connectivity index (χ3v) is 4.31. The van der Waals surface area contributed by atoms with Gasteiger partial charge in [0.1, 0.15) is 5.92 Å². The fraction of sp³-hybridized carbons (Fsp3) is 0.467. The van der Waals surface area contributed by atoms with E-state index >= 15 is 0 Å². The molecule has 0 spiro atoms. The maximum atomic E-state index is 12.2. The number of ether oxygens (including phenoxy) is 1. The normalized spacial score (nSPS) is 12.2. The molecule has 20 heavy (non-hydrogen) atoms. The lowest BCUT2D eigenvalue weighted by molar-refractivity contribution is -0.152. The van der Waals surface area contributed by atoms with Crippen molar-refractivity contribution in [3.05, 3.63) is 28.7 Å². The zero-order valence-corrected chi connectivity index (χ0v) is 14.3. The Morgan fingerprint density at radius 3 is 2.35 bits per heavy atom. The average Bonchev–Trinajstić information content (AvgIpc) is 2.38. The minimum absolute atomic E-state index is 0.0490. The van der Waals surface area contributed by atoms with Crippen molar-refractivity contribution in [3.63, 3.8) is 0 Å². The Balaban J connectivity index is 2.62. The van der Waals surface area contributed by atoms with E-state index in [0.717, 1.165) is 9.37 Å². The van der Waals surface area contributed by atoms with Crippen LogP contribution in [0.3, 0.4) is 0 Å². The summed E-state index contributed by atoms with van der Waals surface area (Å²) in [6.45, 7) is 5.78. The zero-order valence-electron chi connectivity index (χ0n) is 11.9. The maximum absolute atomic E-state index is 12.2. The molecular weight excluding hydrogens is 340 g/mol. The Bertz CT molecular complexity index is 457. The van der Waals surface area contributed by atoms with Crippen LogP contribution >= 0.6 is 27.7 Å². The lowest BCUT2D eigenvalue weighted by Crippen LogP contribution is -2.31. The topological polar surface area (TPSA) is 43.4 Å². The highest BCUT2D eigenvalue weighted by Gasteiger charge is 2.30. The molecule has 0 saturated heterocycles. The molecule has 110 valence electrons. The molecule has 0 fully saturated rings. The van der Waals surface area contributed by atoms with Gasteiger partial charge in [-0.3, -0.25) is 9.59 Å². The molecule has 0 aromatic heterocycles. The first-order chi connectivity index (χ1) is 9.45. The van der Waals surface area contributed by atoms with E-state index in [1.54, 1.807) is 6.92 Å². The van der Waals surface area contributed by atoms with Crippen molar-refractivity contribution in [1.82, 2.24) is 0 Å². The lowest BCUT2D eigenvalue weighted by Gasteiger charge is -2.17. The van der Waals surface area contributed by atoms with Gasteiger partial charge in [0.15, 0.2) is 5.78 Å². The minimum Gasteiger partial charge on any atom is -0.465 e. The molecule has 0 aliphatic carbocycles. The van der Waals surface area contributed by atoms with Crippen molar-refractivity contribution in [3.8, 4) is 0 Å². The molecule has 0 N–H and O–H groups in total. The fourth-order valence-corrected chi connectivity index (χ4v) is 2.86. The molecule has 0 saturated carbocycles. The van der Waals surface area contributed by atoms with Crippen LogP contribution in [-0.2, 0) is 14.3 Å². The number of hydrogen-bond donors (Lipinski definition) is 0. The van der Waals surface area contributed by atoms with Gasteiger partial charge in [0, 0.05) is 9.37 Å². The van der Waals surface area contributed by atoms with Crippen LogP contribution in [0.4, 0.5) is 0 Å². The number of thioether (sulfide) groups is 1. The number of Topliss-reactive ketones (excluding diaryl/α,β-unsaturated/α-hetero) is 1. The van der Waals surface area contributed by atoms with E-state index in [4.69, 9.17) is 4.74 Å². The lowest BCUT2D eigenvalue weighted by atomic mass is 9.92. The van der Waals surface area contributed by atoms with E-state index in [0.29, 0.717) is 6.61 Å². The van der Waals surface area contributed by atoms with E-state index in [1.165, 1.54) is 11.8 Å². The largest absolute Gasteiger partial charge is 0.465 e. The Morgan fingerprint density at radius 1 is 1.25 bits per heavy atom. The maximum Gasteiger partial charge on any atom is 0.316 e. The number of carbonyl (C=O) groups is 2. The van der Waals surface area contributed by atoms with Crippen molar-refractivity contribution >= 4 is 39.4 Å². The number of carbonyl (C=O) groups excluding carboxylic acids is 2. The van der Waals surface area contributed by atoms with E-state index in [-0.39, 0.29) is 17.5 Å². The molecule has 1 rings (SSSR count). The smallest absolute Gasteiger partial charge is 0.316 e. The van der Waals surface area contributed by atoms with Crippen molar-refractivity contribution in [1.29, 1.82) is 0 Å². The van der Waals surface area contributed by atoms with Crippen LogP contribution in [0.2, 0.25) is 0 Å². The summed E-state index contributed by atoms with van der Waals surface area (Å²) in [6, 6.07) is 7.74. The number of rotatable bonds is 7. The van der Waals surface area contributed by atoms with Gasteiger partial charge in [0.25, 0.3) is 0 Å². The Hall–Kier alpha value is -0.810. The molecule has 1 aromatic rings. The summed E-state index contributed by atoms with van der Waals surface area (Å²) in [7, 11) is 0. The second-order valence-electron chi connectivity index (χ2n) is 4.68. The second kappa shape index (κ2) is 8.47. The summed E-state index contributed by atoms with van der Waals surface area (Å²) < 4.78 is 5.98. The van der Waals surface area contributed by atoms with E-state index < -0.39 is 11.9 Å². The predicted octanol–water partition coefficient (Wildman–Crippen LogP) is 3.95. The van der Waals surface area contributed by atoms with Crippen molar-refractivity contribution < 1.29 is 14.3 Å². The minimum atomic E-state index is -0.669. The van der Waals surface area contributed by atoms with E-state index in [1.807, 2.05) is 38.1 Å². The molecule has 0 radical (unpaired) electrons. The first-order valence-corrected chi connectivity index (χ1v) is 8.31. The zero-order chi connectivity index (χ0) is 15.1. The number of esters is 1. The summed E-state index contributed by atoms with van der Waals surface area (Å²) in [5.41, 5.74) is 0. The first-order valence-electron chi connectivity index (χ1n) is 6.53. The van der Waals surface area contributed by atoms with Gasteiger partial charge in [0.2, 0.25) is 0 Å². The van der Waals surface area contributed by atoms with Crippen LogP contribution in [0.5, 0.6) is 0 Å². The first kappa shape index (κ1) is 17.2. The number of halogens is 1. The van der Waals surface area contributed by atoms with Crippen LogP contribution in [0, 0.1) is 11.8 Å². The molecule has 1 aromatic carbocycles. The van der Waals surface area contributed by atoms with Crippen molar-refractivity contribution in [2.45, 2.75) is 25.7 Å². The molecule has 1 atom stereocenters. The summed E-state index contributed by atoms with van der Waals surface area (Å²) in [5.74, 6) is -0.927. The van der Waals surface area contributed by atoms with Crippen molar-refractivity contribution in [2.24, 2.45) is 11.8 Å². The summed E-state index contributed by atoms with van der Waals surface area (Å²) >= 11 is 4.81. The van der Waals surface area contributed by atoms with Gasteiger partial charge < -0.3 is 4.74 Å². The average molecular weight is 359 g/mol. The highest BCUT2D eigenvalue weighted by Crippen LogP contribution is 2.23. The third kappa shape index (κ3) is 5.29. The highest BCUT2D eigenvalue weighted by atomic mass is 79.9. The number of hydrogen-bond acceptors (Lipinski definition) is 4. The molecule has 1 unspecified atom stereocenters. The summed E-state index contributed by atoms with van der Waals surface area (Å²) in [5, 5.41) is 0. The molecule has 0 aliphatic rings. The van der Waals surface area contributed by atoms with Crippen molar-refractivity contribution in [2.75, 3.05) is 12.4 Å². The Labute approximate surface area is 132 Å². The van der Waals surface area contributed by atoms with Crippen LogP contribution in [0.1, 0.15) is 20.8 Å². The molecule has 5 heteroatoms. The number of ketones is 1. The van der Waals surface area contributed by atoms with Gasteiger partial charge in [-0.05, 0) is 37.1 Å². The third-order valence-electron chi connectivity index (χ3n) is 2.75. The summed E-state index contributed by atoms with van der Waals surface area (Å²) in [6.07, 6.45) is 0. The van der Waals surface area contributed by atoms with Crippen LogP contribution < -0.4 is 0 Å². The van der Waals surface area contributed by atoms with Gasteiger partial charge in [-0.2, -0.15) is 0 Å². The van der Waals surface area contributed by atoms with E-state index in [9.17, 15) is 9.59 Å². The number of benzene rings is 1. The quantitative estimate of drug-likeness (QED) is 0.420. The fourth-order valence-electron chi connectivity index (χ4n) is 1.78. The predicted molar refractivity (Wildman–Crippen MR) is 84.8 cm³/mol. The molecular formula is C15H19BrO3S. The summed E-state index contributed by atoms with van der Waals surface area (Å²) in [4.78, 5) is 25.0. The van der Waals surface area contributed by atoms with Gasteiger partial charge in [-0.25, -0.2) is 0 Å². The van der Waals surface area contributed by atoms with Gasteiger partial charge >= 0.3 is 5.97 Å². The Morgan fingerprint density at radius 2 is 1.85 bits per heavy atom. The molecule has 0 bridgehead atoms.